The third kappa shape index (κ3) is 7.23. The number of benzene rings is 2. The van der Waals surface area contributed by atoms with E-state index in [-0.39, 0.29) is 55.3 Å². The van der Waals surface area contributed by atoms with Crippen molar-refractivity contribution in [3.8, 4) is 5.75 Å². The molecule has 0 saturated carbocycles. The molecule has 10 nitrogen and oxygen atoms in total. The molecule has 226 valence electrons. The van der Waals surface area contributed by atoms with Gasteiger partial charge in [0.15, 0.2) is 0 Å². The van der Waals surface area contributed by atoms with Gasteiger partial charge < -0.3 is 34.8 Å². The van der Waals surface area contributed by atoms with Crippen LogP contribution in [0.4, 0.5) is 10.5 Å². The largest absolute Gasteiger partial charge is 0.488 e. The van der Waals surface area contributed by atoms with Crippen LogP contribution in [0, 0.1) is 5.92 Å². The number of nitrogens with one attached hydrogen (secondary N) is 2. The Bertz CT molecular complexity index is 1430. The van der Waals surface area contributed by atoms with Gasteiger partial charge in [0, 0.05) is 61.0 Å². The van der Waals surface area contributed by atoms with Crippen molar-refractivity contribution < 1.29 is 24.2 Å². The second-order valence-corrected chi connectivity index (χ2v) is 11.7. The van der Waals surface area contributed by atoms with Crippen molar-refractivity contribution in [2.75, 3.05) is 32.1 Å². The molecule has 0 aliphatic carbocycles. The van der Waals surface area contributed by atoms with Crippen LogP contribution in [0.1, 0.15) is 38.8 Å². The fourth-order valence-electron chi connectivity index (χ4n) is 5.38. The quantitative estimate of drug-likeness (QED) is 0.379. The van der Waals surface area contributed by atoms with Crippen molar-refractivity contribution in [1.82, 2.24) is 19.7 Å². The number of amides is 4. The normalized spacial score (nSPS) is 18.0. The Labute approximate surface area is 247 Å². The Morgan fingerprint density at radius 2 is 1.90 bits per heavy atom. The number of ether oxygens (including phenoxy) is 1. The zero-order valence-corrected chi connectivity index (χ0v) is 25.4. The van der Waals surface area contributed by atoms with Gasteiger partial charge in [-0.25, -0.2) is 4.79 Å². The van der Waals surface area contributed by atoms with Crippen molar-refractivity contribution in [3.63, 3.8) is 0 Å². The second-order valence-electron chi connectivity index (χ2n) is 11.7. The molecule has 1 aromatic heterocycles. The number of urea groups is 1. The summed E-state index contributed by atoms with van der Waals surface area (Å²) in [7, 11) is 3.68. The Hall–Kier alpha value is -4.05. The highest BCUT2D eigenvalue weighted by Gasteiger charge is 2.32. The number of para-hydroxylation sites is 1. The molecule has 1 aliphatic rings. The number of hydrogen-bond acceptors (Lipinski definition) is 5. The second kappa shape index (κ2) is 13.3. The van der Waals surface area contributed by atoms with Crippen molar-refractivity contribution >= 4 is 34.4 Å². The van der Waals surface area contributed by atoms with Crippen LogP contribution in [-0.2, 0) is 29.5 Å². The number of fused-ring (bicyclic) bond motifs is 2. The molecule has 2 aromatic carbocycles. The van der Waals surface area contributed by atoms with Crippen LogP contribution < -0.4 is 15.4 Å². The molecule has 0 radical (unpaired) electrons. The van der Waals surface area contributed by atoms with Crippen molar-refractivity contribution in [2.24, 2.45) is 13.0 Å². The zero-order valence-electron chi connectivity index (χ0n) is 25.4. The van der Waals surface area contributed by atoms with Crippen molar-refractivity contribution in [2.45, 2.75) is 58.7 Å². The van der Waals surface area contributed by atoms with Gasteiger partial charge in [0.1, 0.15) is 11.9 Å². The maximum absolute atomic E-state index is 13.5. The first-order valence-electron chi connectivity index (χ1n) is 14.5. The van der Waals surface area contributed by atoms with Gasteiger partial charge in [0.2, 0.25) is 11.8 Å². The van der Waals surface area contributed by atoms with Gasteiger partial charge in [-0.1, -0.05) is 25.1 Å². The summed E-state index contributed by atoms with van der Waals surface area (Å²) in [6, 6.07) is 12.7. The average molecular weight is 578 g/mol. The lowest BCUT2D eigenvalue weighted by Gasteiger charge is -2.34. The monoisotopic (exact) mass is 577 g/mol. The van der Waals surface area contributed by atoms with E-state index in [1.165, 1.54) is 0 Å². The topological polar surface area (TPSA) is 116 Å². The number of aryl methyl sites for hydroxylation is 1. The van der Waals surface area contributed by atoms with E-state index in [2.05, 4.69) is 10.6 Å². The Kier molecular flexibility index (Phi) is 9.78. The molecular formula is C32H43N5O5. The van der Waals surface area contributed by atoms with Gasteiger partial charge in [-0.2, -0.15) is 0 Å². The fraction of sp³-hybridized carbons (Fsp3) is 0.469. The van der Waals surface area contributed by atoms with Crippen LogP contribution in [0.5, 0.6) is 5.75 Å². The van der Waals surface area contributed by atoms with Gasteiger partial charge in [-0.15, -0.1) is 0 Å². The van der Waals surface area contributed by atoms with Crippen LogP contribution in [0.2, 0.25) is 0 Å². The van der Waals surface area contributed by atoms with Gasteiger partial charge in [-0.3, -0.25) is 9.59 Å². The number of nitrogens with zero attached hydrogens (tertiary/aromatic N) is 3. The number of aliphatic hydroxyl groups excluding tert-OH is 1. The maximum Gasteiger partial charge on any atom is 0.317 e. The first-order valence-corrected chi connectivity index (χ1v) is 14.5. The highest BCUT2D eigenvalue weighted by atomic mass is 16.5. The minimum Gasteiger partial charge on any atom is -0.488 e. The van der Waals surface area contributed by atoms with Gasteiger partial charge in [-0.05, 0) is 50.6 Å². The highest BCUT2D eigenvalue weighted by molar-refractivity contribution is 5.96. The molecule has 3 aromatic rings. The van der Waals surface area contributed by atoms with Gasteiger partial charge >= 0.3 is 6.03 Å². The molecule has 4 rings (SSSR count). The van der Waals surface area contributed by atoms with E-state index >= 15 is 0 Å². The minimum atomic E-state index is -0.419. The van der Waals surface area contributed by atoms with E-state index in [1.54, 1.807) is 35.0 Å². The van der Waals surface area contributed by atoms with Crippen molar-refractivity contribution in [1.29, 1.82) is 0 Å². The van der Waals surface area contributed by atoms with Crippen LogP contribution in [0.15, 0.2) is 48.7 Å². The number of likely N-dealkylation sites (N-methyl/N-ethyl adjacent to an activating group) is 1. The number of carbonyl (C=O) groups is 3. The molecule has 0 fully saturated rings. The summed E-state index contributed by atoms with van der Waals surface area (Å²) < 4.78 is 8.50. The standard InChI is InChI=1S/C32H43N5O5/c1-20(2)33-32(41)36(6)18-29-21(3)16-37(22(4)19-38)31(40)15-23-13-25(11-12-28(23)42-29)34-30(39)14-24-17-35(5)27-10-8-7-9-26(24)27/h7-13,17,20-22,29,38H,14-16,18-19H2,1-6H3,(H,33,41)(H,34,39)/t21-,22+,29-/m1/s1. The number of aliphatic hydroxyl groups is 1. The SMILES string of the molecule is CC(C)NC(=O)N(C)C[C@H]1Oc2ccc(NC(=O)Cc3cn(C)c4ccccc34)cc2CC(=O)N([C@@H](C)CO)C[C@H]1C. The molecular weight excluding hydrogens is 534 g/mol. The Morgan fingerprint density at radius 3 is 2.62 bits per heavy atom. The van der Waals surface area contributed by atoms with Gasteiger partial charge in [0.25, 0.3) is 0 Å². The molecule has 10 heteroatoms. The fourth-order valence-corrected chi connectivity index (χ4v) is 5.38. The number of hydrogen-bond donors (Lipinski definition) is 3. The first kappa shape index (κ1) is 30.9. The molecule has 0 unspecified atom stereocenters. The lowest BCUT2D eigenvalue weighted by molar-refractivity contribution is -0.134. The number of carbonyl (C=O) groups excluding carboxylic acids is 3. The molecule has 0 bridgehead atoms. The minimum absolute atomic E-state index is 0.00712. The average Bonchev–Trinajstić information content (AvgIpc) is 3.27. The van der Waals surface area contributed by atoms with Crippen LogP contribution in [-0.4, -0.2) is 82.3 Å². The number of anilines is 1. The molecule has 0 spiro atoms. The molecule has 3 N–H and O–H groups in total. The molecule has 1 aliphatic heterocycles. The van der Waals surface area contributed by atoms with E-state index < -0.39 is 6.10 Å². The van der Waals surface area contributed by atoms with Gasteiger partial charge in [0.05, 0.1) is 32.0 Å². The van der Waals surface area contributed by atoms with E-state index in [0.717, 1.165) is 16.5 Å². The Balaban J connectivity index is 1.58. The summed E-state index contributed by atoms with van der Waals surface area (Å²) >= 11 is 0. The summed E-state index contributed by atoms with van der Waals surface area (Å²) in [5.74, 6) is 0.0900. The summed E-state index contributed by atoms with van der Waals surface area (Å²) in [6.45, 7) is 8.10. The number of aromatic nitrogens is 1. The lowest BCUT2D eigenvalue weighted by Crippen LogP contribution is -2.49. The Morgan fingerprint density at radius 1 is 1.17 bits per heavy atom. The summed E-state index contributed by atoms with van der Waals surface area (Å²) in [6.07, 6.45) is 1.81. The summed E-state index contributed by atoms with van der Waals surface area (Å²) in [4.78, 5) is 42.5. The maximum atomic E-state index is 13.5. The summed E-state index contributed by atoms with van der Waals surface area (Å²) in [5, 5.41) is 16.8. The predicted octanol–water partition coefficient (Wildman–Crippen LogP) is 3.56. The molecule has 42 heavy (non-hydrogen) atoms. The van der Waals surface area contributed by atoms with E-state index in [4.69, 9.17) is 4.74 Å². The van der Waals surface area contributed by atoms with E-state index in [0.29, 0.717) is 30.1 Å². The smallest absolute Gasteiger partial charge is 0.317 e. The van der Waals surface area contributed by atoms with E-state index in [9.17, 15) is 19.5 Å². The predicted molar refractivity (Wildman–Crippen MR) is 164 cm³/mol. The van der Waals surface area contributed by atoms with Crippen LogP contribution in [0.3, 0.4) is 0 Å². The van der Waals surface area contributed by atoms with Crippen molar-refractivity contribution in [3.05, 3.63) is 59.8 Å². The number of rotatable bonds is 8. The molecule has 4 amide bonds. The van der Waals surface area contributed by atoms with Crippen LogP contribution >= 0.6 is 0 Å². The highest BCUT2D eigenvalue weighted by Crippen LogP contribution is 2.29. The van der Waals surface area contributed by atoms with E-state index in [1.807, 2.05) is 69.8 Å². The zero-order chi connectivity index (χ0) is 30.6. The lowest BCUT2D eigenvalue weighted by atomic mass is 10.0. The molecule has 3 atom stereocenters. The first-order chi connectivity index (χ1) is 20.0. The third-order valence-corrected chi connectivity index (χ3v) is 7.74. The third-order valence-electron chi connectivity index (χ3n) is 7.74. The molecule has 0 saturated heterocycles. The van der Waals surface area contributed by atoms with Crippen LogP contribution in [0.25, 0.3) is 10.9 Å². The summed E-state index contributed by atoms with van der Waals surface area (Å²) in [5.41, 5.74) is 3.19. The molecule has 2 heterocycles.